The topological polar surface area (TPSA) is 91.8 Å². The molecule has 2 aliphatic rings. The smallest absolute Gasteiger partial charge is 0.331 e. The number of methoxy groups -OCH3 is 1. The summed E-state index contributed by atoms with van der Waals surface area (Å²) in [6.07, 6.45) is 1.05. The van der Waals surface area contributed by atoms with E-state index >= 15 is 0 Å². The Morgan fingerprint density at radius 2 is 2.23 bits per heavy atom. The van der Waals surface area contributed by atoms with Gasteiger partial charge in [0.25, 0.3) is 0 Å². The Morgan fingerprint density at radius 3 is 3.04 bits per heavy atom. The Kier molecular flexibility index (Phi) is 5.11. The van der Waals surface area contributed by atoms with Crippen LogP contribution in [-0.4, -0.2) is 67.2 Å². The Bertz CT molecular complexity index is 757. The van der Waals surface area contributed by atoms with Crippen LogP contribution in [0, 0.1) is 0 Å². The molecule has 138 valence electrons. The van der Waals surface area contributed by atoms with E-state index in [1.54, 1.807) is 17.5 Å². The zero-order chi connectivity index (χ0) is 17.9. The first-order valence-electron chi connectivity index (χ1n) is 8.29. The van der Waals surface area contributed by atoms with Gasteiger partial charge in [-0.05, 0) is 17.5 Å². The molecular weight excluding hydrogens is 358 g/mol. The third kappa shape index (κ3) is 3.56. The lowest BCUT2D eigenvalue weighted by Crippen LogP contribution is -2.37. The van der Waals surface area contributed by atoms with E-state index in [1.165, 1.54) is 7.11 Å². The minimum atomic E-state index is -0.417. The lowest BCUT2D eigenvalue weighted by molar-refractivity contribution is -0.149. The molecule has 0 saturated carbocycles. The molecule has 8 nitrogen and oxygen atoms in total. The van der Waals surface area contributed by atoms with Gasteiger partial charge in [0.1, 0.15) is 24.9 Å². The van der Waals surface area contributed by atoms with Gasteiger partial charge in [0.05, 0.1) is 36.9 Å². The van der Waals surface area contributed by atoms with Crippen LogP contribution in [0.1, 0.15) is 0 Å². The number of anilines is 1. The molecule has 0 aliphatic carbocycles. The van der Waals surface area contributed by atoms with E-state index < -0.39 is 5.97 Å². The number of carbonyl (C=O) groups is 1. The van der Waals surface area contributed by atoms with Crippen LogP contribution in [-0.2, 0) is 23.7 Å². The molecule has 2 aliphatic heterocycles. The van der Waals surface area contributed by atoms with E-state index in [0.29, 0.717) is 19.2 Å². The molecule has 2 aromatic rings. The average molecular weight is 377 g/mol. The van der Waals surface area contributed by atoms with Crippen LogP contribution in [0.5, 0.6) is 0 Å². The second kappa shape index (κ2) is 7.67. The molecule has 0 aromatic carbocycles. The number of thiophene rings is 1. The van der Waals surface area contributed by atoms with Crippen molar-refractivity contribution in [2.45, 2.75) is 24.4 Å². The number of nitrogens with one attached hydrogen (secondary N) is 1. The van der Waals surface area contributed by atoms with E-state index in [9.17, 15) is 4.79 Å². The Hall–Kier alpha value is -2.07. The van der Waals surface area contributed by atoms with Crippen LogP contribution in [0.4, 0.5) is 5.95 Å². The van der Waals surface area contributed by atoms with Gasteiger partial charge in [-0.25, -0.2) is 14.8 Å². The Labute approximate surface area is 154 Å². The molecule has 2 fully saturated rings. The summed E-state index contributed by atoms with van der Waals surface area (Å²) in [6, 6.07) is 5.82. The summed E-state index contributed by atoms with van der Waals surface area (Å²) < 4.78 is 21.8. The second-order valence-electron chi connectivity index (χ2n) is 6.02. The number of ether oxygens (including phenoxy) is 4. The molecule has 1 N–H and O–H groups in total. The summed E-state index contributed by atoms with van der Waals surface area (Å²) in [5, 5.41) is 5.31. The van der Waals surface area contributed by atoms with Crippen molar-refractivity contribution in [3.8, 4) is 10.6 Å². The fraction of sp³-hybridized carbons (Fsp3) is 0.471. The Balaban J connectivity index is 1.38. The predicted molar refractivity (Wildman–Crippen MR) is 94.0 cm³/mol. The molecule has 2 saturated heterocycles. The van der Waals surface area contributed by atoms with Crippen LogP contribution in [0.25, 0.3) is 10.6 Å². The number of fused-ring (bicyclic) bond motifs is 1. The first-order valence-corrected chi connectivity index (χ1v) is 9.17. The summed E-state index contributed by atoms with van der Waals surface area (Å²) in [4.78, 5) is 21.2. The molecule has 0 bridgehead atoms. The van der Waals surface area contributed by atoms with Gasteiger partial charge in [0.2, 0.25) is 5.95 Å². The fourth-order valence-electron chi connectivity index (χ4n) is 3.12. The molecule has 2 aromatic heterocycles. The zero-order valence-corrected chi connectivity index (χ0v) is 15.0. The fourth-order valence-corrected chi connectivity index (χ4v) is 3.82. The van der Waals surface area contributed by atoms with Crippen molar-refractivity contribution in [2.75, 3.05) is 32.2 Å². The van der Waals surface area contributed by atoms with Crippen molar-refractivity contribution >= 4 is 23.3 Å². The summed E-state index contributed by atoms with van der Waals surface area (Å²) >= 11 is 1.63. The molecule has 4 rings (SSSR count). The standard InChI is InChI=1S/C17H19N3O5S/c1-22-14(21)9-23-12-8-25-15-11(7-24-16(12)15)20-17-18-5-4-10(19-17)13-3-2-6-26-13/h2-6,11-12,15-16H,7-9H2,1H3,(H,18,19,20)/t11-,12+,15+,16+/m0/s1. The minimum Gasteiger partial charge on any atom is -0.467 e. The SMILES string of the molecule is COC(=O)CO[C@@H]1CO[C@H]2[C@@H]1OC[C@@H]2Nc1nccc(-c2cccs2)n1. The van der Waals surface area contributed by atoms with E-state index in [1.807, 2.05) is 23.6 Å². The van der Waals surface area contributed by atoms with Gasteiger partial charge < -0.3 is 24.3 Å². The maximum absolute atomic E-state index is 11.2. The van der Waals surface area contributed by atoms with Gasteiger partial charge in [0.15, 0.2) is 0 Å². The van der Waals surface area contributed by atoms with Gasteiger partial charge in [0, 0.05) is 6.20 Å². The van der Waals surface area contributed by atoms with Crippen LogP contribution in [0.15, 0.2) is 29.8 Å². The summed E-state index contributed by atoms with van der Waals surface area (Å²) in [7, 11) is 1.33. The van der Waals surface area contributed by atoms with E-state index in [0.717, 1.165) is 10.6 Å². The molecule has 4 heterocycles. The summed E-state index contributed by atoms with van der Waals surface area (Å²) in [5.41, 5.74) is 0.875. The van der Waals surface area contributed by atoms with E-state index in [2.05, 4.69) is 20.0 Å². The van der Waals surface area contributed by atoms with Crippen LogP contribution >= 0.6 is 11.3 Å². The number of hydrogen-bond donors (Lipinski definition) is 1. The minimum absolute atomic E-state index is 0.0784. The molecule has 0 unspecified atom stereocenters. The quantitative estimate of drug-likeness (QED) is 0.754. The van der Waals surface area contributed by atoms with Crippen molar-refractivity contribution < 1.29 is 23.7 Å². The van der Waals surface area contributed by atoms with Crippen molar-refractivity contribution in [3.63, 3.8) is 0 Å². The van der Waals surface area contributed by atoms with Gasteiger partial charge in [-0.1, -0.05) is 6.07 Å². The molecule has 0 spiro atoms. The first kappa shape index (κ1) is 17.3. The normalized spacial score (nSPS) is 27.3. The van der Waals surface area contributed by atoms with Crippen LogP contribution < -0.4 is 5.32 Å². The maximum Gasteiger partial charge on any atom is 0.331 e. The van der Waals surface area contributed by atoms with Gasteiger partial charge >= 0.3 is 5.97 Å². The van der Waals surface area contributed by atoms with Crippen LogP contribution in [0.2, 0.25) is 0 Å². The van der Waals surface area contributed by atoms with Gasteiger partial charge in [-0.15, -0.1) is 11.3 Å². The number of hydrogen-bond acceptors (Lipinski definition) is 9. The summed E-state index contributed by atoms with van der Waals surface area (Å²) in [6.45, 7) is 0.724. The highest BCUT2D eigenvalue weighted by molar-refractivity contribution is 7.13. The number of nitrogens with zero attached hydrogens (tertiary/aromatic N) is 2. The average Bonchev–Trinajstić information content (AvgIpc) is 3.39. The highest BCUT2D eigenvalue weighted by atomic mass is 32.1. The molecule has 9 heteroatoms. The van der Waals surface area contributed by atoms with Crippen molar-refractivity contribution in [3.05, 3.63) is 29.8 Å². The van der Waals surface area contributed by atoms with Gasteiger partial charge in [-0.3, -0.25) is 0 Å². The summed E-state index contributed by atoms with van der Waals surface area (Å²) in [5.74, 6) is 0.118. The first-order chi connectivity index (χ1) is 12.7. The molecule has 0 radical (unpaired) electrons. The maximum atomic E-state index is 11.2. The predicted octanol–water partition coefficient (Wildman–Crippen LogP) is 1.34. The third-order valence-electron chi connectivity index (χ3n) is 4.39. The third-order valence-corrected chi connectivity index (χ3v) is 5.29. The second-order valence-corrected chi connectivity index (χ2v) is 6.96. The largest absolute Gasteiger partial charge is 0.467 e. The highest BCUT2D eigenvalue weighted by Crippen LogP contribution is 2.30. The highest BCUT2D eigenvalue weighted by Gasteiger charge is 2.48. The Morgan fingerprint density at radius 1 is 1.35 bits per heavy atom. The lowest BCUT2D eigenvalue weighted by Gasteiger charge is -2.18. The molecule has 0 amide bonds. The van der Waals surface area contributed by atoms with E-state index in [-0.39, 0.29) is 31.0 Å². The van der Waals surface area contributed by atoms with Crippen molar-refractivity contribution in [1.82, 2.24) is 9.97 Å². The molecular formula is C17H19N3O5S. The van der Waals surface area contributed by atoms with E-state index in [4.69, 9.17) is 14.2 Å². The number of esters is 1. The van der Waals surface area contributed by atoms with Crippen molar-refractivity contribution in [1.29, 1.82) is 0 Å². The van der Waals surface area contributed by atoms with Gasteiger partial charge in [-0.2, -0.15) is 0 Å². The number of aromatic nitrogens is 2. The van der Waals surface area contributed by atoms with Crippen molar-refractivity contribution in [2.24, 2.45) is 0 Å². The number of rotatable bonds is 6. The monoisotopic (exact) mass is 377 g/mol. The lowest BCUT2D eigenvalue weighted by atomic mass is 10.1. The van der Waals surface area contributed by atoms with Crippen LogP contribution in [0.3, 0.4) is 0 Å². The zero-order valence-electron chi connectivity index (χ0n) is 14.2. The molecule has 26 heavy (non-hydrogen) atoms. The number of carbonyl (C=O) groups excluding carboxylic acids is 1. The molecule has 4 atom stereocenters.